The lowest BCUT2D eigenvalue weighted by atomic mass is 9.94. The van der Waals surface area contributed by atoms with E-state index in [4.69, 9.17) is 6.42 Å². The summed E-state index contributed by atoms with van der Waals surface area (Å²) >= 11 is 0. The number of terminal acetylenes is 1. The summed E-state index contributed by atoms with van der Waals surface area (Å²) < 4.78 is 0. The molecule has 80 valence electrons. The van der Waals surface area contributed by atoms with Gasteiger partial charge in [0.2, 0.25) is 0 Å². The number of nitrogens with zero attached hydrogens (tertiary/aromatic N) is 1. The van der Waals surface area contributed by atoms with Crippen molar-refractivity contribution in [3.63, 3.8) is 0 Å². The second-order valence-corrected chi connectivity index (χ2v) is 4.44. The Labute approximate surface area is 87.3 Å². The van der Waals surface area contributed by atoms with Crippen LogP contribution < -0.4 is 0 Å². The number of likely N-dealkylation sites (tertiary alicyclic amines) is 1. The zero-order valence-electron chi connectivity index (χ0n) is 9.24. The van der Waals surface area contributed by atoms with E-state index in [1.807, 2.05) is 0 Å². The van der Waals surface area contributed by atoms with Gasteiger partial charge in [-0.05, 0) is 39.2 Å². The smallest absolute Gasteiger partial charge is 0.0590 e. The van der Waals surface area contributed by atoms with Gasteiger partial charge in [0, 0.05) is 19.0 Å². The maximum Gasteiger partial charge on any atom is 0.0590 e. The van der Waals surface area contributed by atoms with Crippen LogP contribution in [-0.2, 0) is 0 Å². The summed E-state index contributed by atoms with van der Waals surface area (Å²) in [5, 5.41) is 9.86. The highest BCUT2D eigenvalue weighted by Crippen LogP contribution is 2.21. The molecule has 0 spiro atoms. The topological polar surface area (TPSA) is 23.5 Å². The van der Waals surface area contributed by atoms with E-state index in [0.29, 0.717) is 18.4 Å². The molecule has 2 atom stereocenters. The van der Waals surface area contributed by atoms with Crippen LogP contribution in [0.1, 0.15) is 33.1 Å². The average Bonchev–Trinajstić information content (AvgIpc) is 2.30. The molecule has 0 amide bonds. The van der Waals surface area contributed by atoms with Crippen LogP contribution in [-0.4, -0.2) is 35.2 Å². The molecule has 2 unspecified atom stereocenters. The molecule has 0 aliphatic carbocycles. The summed E-state index contributed by atoms with van der Waals surface area (Å²) in [6.45, 7) is 6.47. The van der Waals surface area contributed by atoms with E-state index < -0.39 is 0 Å². The first kappa shape index (κ1) is 11.6. The first-order chi connectivity index (χ1) is 6.65. The van der Waals surface area contributed by atoms with Gasteiger partial charge in [0.25, 0.3) is 0 Å². The van der Waals surface area contributed by atoms with Crippen LogP contribution >= 0.6 is 0 Å². The van der Waals surface area contributed by atoms with E-state index in [1.165, 1.54) is 0 Å². The van der Waals surface area contributed by atoms with Crippen molar-refractivity contribution in [3.05, 3.63) is 0 Å². The molecule has 1 heterocycles. The minimum absolute atomic E-state index is 0.199. The average molecular weight is 195 g/mol. The van der Waals surface area contributed by atoms with Crippen molar-refractivity contribution in [2.24, 2.45) is 5.92 Å². The molecule has 2 nitrogen and oxygen atoms in total. The maximum absolute atomic E-state index is 9.86. The highest BCUT2D eigenvalue weighted by atomic mass is 16.3. The molecule has 0 aromatic carbocycles. The number of hydrogen-bond acceptors (Lipinski definition) is 2. The van der Waals surface area contributed by atoms with Crippen LogP contribution in [0, 0.1) is 18.3 Å². The highest BCUT2D eigenvalue weighted by Gasteiger charge is 2.24. The minimum Gasteiger partial charge on any atom is -0.393 e. The van der Waals surface area contributed by atoms with Crippen LogP contribution in [0.3, 0.4) is 0 Å². The summed E-state index contributed by atoms with van der Waals surface area (Å²) in [5.41, 5.74) is 0. The Morgan fingerprint density at radius 3 is 2.64 bits per heavy atom. The molecule has 1 aliphatic rings. The standard InChI is InChI=1S/C12H21NO/c1-4-5-11-6-8-13(10(2)3)9-7-12(11)14/h1,10-12,14H,5-9H2,2-3H3. The Morgan fingerprint density at radius 2 is 2.07 bits per heavy atom. The fraction of sp³-hybridized carbons (Fsp3) is 0.833. The highest BCUT2D eigenvalue weighted by molar-refractivity contribution is 4.91. The normalized spacial score (nSPS) is 29.9. The molecule has 1 rings (SSSR count). The Kier molecular flexibility index (Phi) is 4.44. The quantitative estimate of drug-likeness (QED) is 0.675. The van der Waals surface area contributed by atoms with E-state index in [1.54, 1.807) is 0 Å². The van der Waals surface area contributed by atoms with Gasteiger partial charge in [-0.2, -0.15) is 0 Å². The molecule has 1 aliphatic heterocycles. The minimum atomic E-state index is -0.199. The lowest BCUT2D eigenvalue weighted by Crippen LogP contribution is -2.31. The second-order valence-electron chi connectivity index (χ2n) is 4.44. The summed E-state index contributed by atoms with van der Waals surface area (Å²) in [5.74, 6) is 2.97. The van der Waals surface area contributed by atoms with E-state index in [-0.39, 0.29) is 6.10 Å². The van der Waals surface area contributed by atoms with Crippen molar-refractivity contribution < 1.29 is 5.11 Å². The molecule has 0 aromatic heterocycles. The fourth-order valence-corrected chi connectivity index (χ4v) is 2.08. The molecule has 2 heteroatoms. The summed E-state index contributed by atoms with van der Waals surface area (Å²) in [6.07, 6.45) is 7.71. The summed E-state index contributed by atoms with van der Waals surface area (Å²) in [4.78, 5) is 2.42. The van der Waals surface area contributed by atoms with Crippen molar-refractivity contribution >= 4 is 0 Å². The van der Waals surface area contributed by atoms with Crippen LogP contribution in [0.4, 0.5) is 0 Å². The zero-order valence-corrected chi connectivity index (χ0v) is 9.24. The lowest BCUT2D eigenvalue weighted by Gasteiger charge is -2.24. The van der Waals surface area contributed by atoms with Gasteiger partial charge < -0.3 is 10.0 Å². The number of hydrogen-bond donors (Lipinski definition) is 1. The monoisotopic (exact) mass is 195 g/mol. The van der Waals surface area contributed by atoms with Crippen molar-refractivity contribution in [1.82, 2.24) is 4.90 Å². The largest absolute Gasteiger partial charge is 0.393 e. The predicted molar refractivity (Wildman–Crippen MR) is 58.9 cm³/mol. The van der Waals surface area contributed by atoms with Gasteiger partial charge in [-0.15, -0.1) is 12.3 Å². The van der Waals surface area contributed by atoms with E-state index in [2.05, 4.69) is 24.7 Å². The molecule has 0 saturated carbocycles. The molecule has 0 radical (unpaired) electrons. The zero-order chi connectivity index (χ0) is 10.6. The maximum atomic E-state index is 9.86. The van der Waals surface area contributed by atoms with E-state index >= 15 is 0 Å². The molecule has 1 saturated heterocycles. The van der Waals surface area contributed by atoms with E-state index in [0.717, 1.165) is 25.9 Å². The van der Waals surface area contributed by atoms with Crippen molar-refractivity contribution in [3.8, 4) is 12.3 Å². The van der Waals surface area contributed by atoms with Gasteiger partial charge in [-0.3, -0.25) is 0 Å². The fourth-order valence-electron chi connectivity index (χ4n) is 2.08. The Balaban J connectivity index is 2.50. The molecular weight excluding hydrogens is 174 g/mol. The van der Waals surface area contributed by atoms with Gasteiger partial charge >= 0.3 is 0 Å². The van der Waals surface area contributed by atoms with Crippen LogP contribution in [0.15, 0.2) is 0 Å². The number of rotatable bonds is 2. The molecular formula is C12H21NO. The summed E-state index contributed by atoms with van der Waals surface area (Å²) in [6, 6.07) is 0.576. The SMILES string of the molecule is C#CCC1CCN(C(C)C)CCC1O. The summed E-state index contributed by atoms with van der Waals surface area (Å²) in [7, 11) is 0. The molecule has 1 N–H and O–H groups in total. The van der Waals surface area contributed by atoms with Gasteiger partial charge in [-0.1, -0.05) is 0 Å². The predicted octanol–water partition coefficient (Wildman–Crippen LogP) is 1.49. The molecule has 1 fully saturated rings. The van der Waals surface area contributed by atoms with Crippen LogP contribution in [0.2, 0.25) is 0 Å². The third-order valence-electron chi connectivity index (χ3n) is 3.15. The van der Waals surface area contributed by atoms with E-state index in [9.17, 15) is 5.11 Å². The van der Waals surface area contributed by atoms with Gasteiger partial charge in [0.15, 0.2) is 0 Å². The Morgan fingerprint density at radius 1 is 1.43 bits per heavy atom. The Bertz CT molecular complexity index is 207. The van der Waals surface area contributed by atoms with Gasteiger partial charge in [-0.25, -0.2) is 0 Å². The lowest BCUT2D eigenvalue weighted by molar-refractivity contribution is 0.105. The number of aliphatic hydroxyl groups is 1. The van der Waals surface area contributed by atoms with Crippen molar-refractivity contribution in [2.75, 3.05) is 13.1 Å². The van der Waals surface area contributed by atoms with Crippen molar-refractivity contribution in [1.29, 1.82) is 0 Å². The van der Waals surface area contributed by atoms with Crippen molar-refractivity contribution in [2.45, 2.75) is 45.3 Å². The Hall–Kier alpha value is -0.520. The first-order valence-corrected chi connectivity index (χ1v) is 5.50. The van der Waals surface area contributed by atoms with Gasteiger partial charge in [0.1, 0.15) is 0 Å². The molecule has 0 bridgehead atoms. The van der Waals surface area contributed by atoms with Crippen LogP contribution in [0.25, 0.3) is 0 Å². The first-order valence-electron chi connectivity index (χ1n) is 5.50. The third-order valence-corrected chi connectivity index (χ3v) is 3.15. The van der Waals surface area contributed by atoms with Crippen LogP contribution in [0.5, 0.6) is 0 Å². The molecule has 0 aromatic rings. The number of aliphatic hydroxyl groups excluding tert-OH is 1. The third kappa shape index (κ3) is 3.01. The second kappa shape index (κ2) is 5.38. The van der Waals surface area contributed by atoms with Gasteiger partial charge in [0.05, 0.1) is 6.10 Å². The molecule has 14 heavy (non-hydrogen) atoms.